The zero-order valence-electron chi connectivity index (χ0n) is 11.8. The highest BCUT2D eigenvalue weighted by Crippen LogP contribution is 2.30. The number of rotatable bonds is 6. The second-order valence-corrected chi connectivity index (χ2v) is 5.48. The normalized spacial score (nSPS) is 25.6. The van der Waals surface area contributed by atoms with Crippen molar-refractivity contribution in [2.24, 2.45) is 5.92 Å². The van der Waals surface area contributed by atoms with Crippen molar-refractivity contribution in [3.63, 3.8) is 0 Å². The maximum atomic E-state index is 12.0. The fourth-order valence-corrected chi connectivity index (χ4v) is 3.31. The van der Waals surface area contributed by atoms with Gasteiger partial charge in [0.2, 0.25) is 5.91 Å². The van der Waals surface area contributed by atoms with Gasteiger partial charge in [0, 0.05) is 13.1 Å². The van der Waals surface area contributed by atoms with Gasteiger partial charge >= 0.3 is 0 Å². The van der Waals surface area contributed by atoms with E-state index in [2.05, 4.69) is 29.0 Å². The summed E-state index contributed by atoms with van der Waals surface area (Å²) >= 11 is 0. The average molecular weight is 253 g/mol. The Balaban J connectivity index is 1.88. The molecule has 2 rings (SSSR count). The molecule has 2 aliphatic rings. The molecule has 1 heterocycles. The number of carbonyl (C=O) groups is 1. The molecule has 1 N–H and O–H groups in total. The topological polar surface area (TPSA) is 35.6 Å². The molecule has 0 aromatic heterocycles. The molecule has 0 bridgehead atoms. The van der Waals surface area contributed by atoms with E-state index in [4.69, 9.17) is 0 Å². The fraction of sp³-hybridized carbons (Fsp3) is 0.929. The minimum Gasteiger partial charge on any atom is -0.324 e. The zero-order chi connectivity index (χ0) is 13.0. The number of carbonyl (C=O) groups excluding carboxylic acids is 1. The van der Waals surface area contributed by atoms with E-state index in [1.165, 1.54) is 25.7 Å². The van der Waals surface area contributed by atoms with Crippen molar-refractivity contribution >= 4 is 5.91 Å². The third kappa shape index (κ3) is 3.04. The Hall–Kier alpha value is -0.610. The molecule has 1 saturated carbocycles. The number of nitrogens with one attached hydrogen (secondary N) is 1. The Bertz CT molecular complexity index is 272. The largest absolute Gasteiger partial charge is 0.324 e. The van der Waals surface area contributed by atoms with Crippen LogP contribution in [0.15, 0.2) is 0 Å². The molecule has 18 heavy (non-hydrogen) atoms. The quantitative estimate of drug-likeness (QED) is 0.774. The smallest absolute Gasteiger partial charge is 0.237 e. The summed E-state index contributed by atoms with van der Waals surface area (Å²) in [5.74, 6) is 0.979. The van der Waals surface area contributed by atoms with Gasteiger partial charge < -0.3 is 9.80 Å². The van der Waals surface area contributed by atoms with Crippen LogP contribution in [0, 0.1) is 5.92 Å². The number of nitrogens with zero attached hydrogens (tertiary/aromatic N) is 2. The van der Waals surface area contributed by atoms with Crippen molar-refractivity contribution in [3.05, 3.63) is 0 Å². The minimum absolute atomic E-state index is 0.291. The summed E-state index contributed by atoms with van der Waals surface area (Å²) in [5.41, 5.74) is 0. The predicted molar refractivity (Wildman–Crippen MR) is 73.2 cm³/mol. The Morgan fingerprint density at radius 2 is 1.94 bits per heavy atom. The molecule has 4 nitrogen and oxygen atoms in total. The molecular weight excluding hydrogens is 226 g/mol. The van der Waals surface area contributed by atoms with E-state index in [-0.39, 0.29) is 0 Å². The molecule has 2 fully saturated rings. The van der Waals surface area contributed by atoms with Crippen LogP contribution in [-0.2, 0) is 4.79 Å². The second-order valence-electron chi connectivity index (χ2n) is 5.48. The predicted octanol–water partition coefficient (Wildman–Crippen LogP) is 1.28. The lowest BCUT2D eigenvalue weighted by Crippen LogP contribution is -2.45. The van der Waals surface area contributed by atoms with Gasteiger partial charge in [-0.15, -0.1) is 0 Å². The first kappa shape index (κ1) is 13.8. The van der Waals surface area contributed by atoms with Crippen LogP contribution in [0.3, 0.4) is 0 Å². The fourth-order valence-electron chi connectivity index (χ4n) is 3.31. The monoisotopic (exact) mass is 253 g/mol. The molecule has 104 valence electrons. The highest BCUT2D eigenvalue weighted by molar-refractivity contribution is 5.80. The molecule has 1 aliphatic carbocycles. The number of likely N-dealkylation sites (N-methyl/N-ethyl adjacent to an activating group) is 1. The van der Waals surface area contributed by atoms with Gasteiger partial charge in [0.05, 0.1) is 12.7 Å². The minimum atomic E-state index is 0.291. The van der Waals surface area contributed by atoms with Crippen LogP contribution in [0.5, 0.6) is 0 Å². The Kier molecular flexibility index (Phi) is 5.01. The summed E-state index contributed by atoms with van der Waals surface area (Å²) in [6.45, 7) is 8.93. The van der Waals surface area contributed by atoms with Gasteiger partial charge in [-0.2, -0.15) is 0 Å². The van der Waals surface area contributed by atoms with E-state index in [9.17, 15) is 4.79 Å². The lowest BCUT2D eigenvalue weighted by molar-refractivity contribution is -0.128. The summed E-state index contributed by atoms with van der Waals surface area (Å²) in [4.78, 5) is 16.5. The summed E-state index contributed by atoms with van der Waals surface area (Å²) in [6, 6.07) is 0. The Morgan fingerprint density at radius 3 is 2.56 bits per heavy atom. The molecule has 1 unspecified atom stereocenters. The molecule has 4 heteroatoms. The van der Waals surface area contributed by atoms with Crippen molar-refractivity contribution in [3.8, 4) is 0 Å². The molecule has 0 spiro atoms. The maximum Gasteiger partial charge on any atom is 0.237 e. The van der Waals surface area contributed by atoms with Crippen LogP contribution in [-0.4, -0.2) is 54.6 Å². The average Bonchev–Trinajstić information content (AvgIpc) is 3.00. The van der Waals surface area contributed by atoms with Crippen molar-refractivity contribution in [2.75, 3.05) is 32.7 Å². The highest BCUT2D eigenvalue weighted by atomic mass is 16.2. The van der Waals surface area contributed by atoms with Crippen LogP contribution in [0.25, 0.3) is 0 Å². The van der Waals surface area contributed by atoms with Crippen molar-refractivity contribution < 1.29 is 4.79 Å². The van der Waals surface area contributed by atoms with Crippen LogP contribution in [0.2, 0.25) is 0 Å². The zero-order valence-corrected chi connectivity index (χ0v) is 11.8. The second kappa shape index (κ2) is 6.53. The van der Waals surface area contributed by atoms with Crippen molar-refractivity contribution in [1.29, 1.82) is 0 Å². The van der Waals surface area contributed by atoms with Gasteiger partial charge in [-0.3, -0.25) is 10.1 Å². The van der Waals surface area contributed by atoms with E-state index in [1.807, 2.05) is 0 Å². The Morgan fingerprint density at radius 1 is 1.28 bits per heavy atom. The molecule has 0 aromatic rings. The van der Waals surface area contributed by atoms with Crippen LogP contribution >= 0.6 is 0 Å². The molecule has 1 aliphatic heterocycles. The lowest BCUT2D eigenvalue weighted by Gasteiger charge is -2.31. The van der Waals surface area contributed by atoms with E-state index >= 15 is 0 Å². The summed E-state index contributed by atoms with van der Waals surface area (Å²) in [6.07, 6.45) is 5.55. The first-order chi connectivity index (χ1) is 8.76. The molecule has 1 atom stereocenters. The molecular formula is C14H27N3O. The molecule has 1 amide bonds. The van der Waals surface area contributed by atoms with Gasteiger partial charge in [0.15, 0.2) is 0 Å². The standard InChI is InChI=1S/C14H27N3O/c1-3-16(4-2)9-10-17-13(18)11-15-14(17)12-7-5-6-8-12/h12,14-15H,3-11H2,1-2H3. The molecule has 1 saturated heterocycles. The van der Waals surface area contributed by atoms with Gasteiger partial charge in [-0.25, -0.2) is 0 Å². The number of hydrogen-bond acceptors (Lipinski definition) is 3. The van der Waals surface area contributed by atoms with Gasteiger partial charge in [-0.05, 0) is 31.8 Å². The first-order valence-electron chi connectivity index (χ1n) is 7.51. The van der Waals surface area contributed by atoms with E-state index in [1.54, 1.807) is 0 Å². The summed E-state index contributed by atoms with van der Waals surface area (Å²) in [7, 11) is 0. The van der Waals surface area contributed by atoms with Crippen molar-refractivity contribution in [2.45, 2.75) is 45.7 Å². The Labute approximate surface area is 111 Å². The molecule has 0 radical (unpaired) electrons. The van der Waals surface area contributed by atoms with E-state index < -0.39 is 0 Å². The van der Waals surface area contributed by atoms with Gasteiger partial charge in [0.25, 0.3) is 0 Å². The number of hydrogen-bond donors (Lipinski definition) is 1. The third-order valence-corrected chi connectivity index (χ3v) is 4.52. The van der Waals surface area contributed by atoms with Gasteiger partial charge in [0.1, 0.15) is 0 Å². The van der Waals surface area contributed by atoms with Crippen LogP contribution in [0.1, 0.15) is 39.5 Å². The third-order valence-electron chi connectivity index (χ3n) is 4.52. The van der Waals surface area contributed by atoms with Crippen LogP contribution < -0.4 is 5.32 Å². The van der Waals surface area contributed by atoms with E-state index in [0.29, 0.717) is 24.5 Å². The first-order valence-corrected chi connectivity index (χ1v) is 7.51. The van der Waals surface area contributed by atoms with Crippen LogP contribution in [0.4, 0.5) is 0 Å². The summed E-state index contributed by atoms with van der Waals surface area (Å²) in [5, 5.41) is 3.42. The molecule has 0 aromatic carbocycles. The van der Waals surface area contributed by atoms with Crippen molar-refractivity contribution in [1.82, 2.24) is 15.1 Å². The number of amides is 1. The lowest BCUT2D eigenvalue weighted by atomic mass is 10.0. The van der Waals surface area contributed by atoms with Gasteiger partial charge in [-0.1, -0.05) is 26.7 Å². The maximum absolute atomic E-state index is 12.0. The summed E-state index contributed by atoms with van der Waals surface area (Å²) < 4.78 is 0. The van der Waals surface area contributed by atoms with E-state index in [0.717, 1.165) is 26.2 Å². The highest BCUT2D eigenvalue weighted by Gasteiger charge is 2.36. The SMILES string of the molecule is CCN(CC)CCN1C(=O)CNC1C1CCCC1.